The van der Waals surface area contributed by atoms with Crippen LogP contribution in [-0.2, 0) is 0 Å². The van der Waals surface area contributed by atoms with Crippen molar-refractivity contribution in [3.63, 3.8) is 0 Å². The standard InChI is InChI=1S/C22H24F2O5/c1-9-8-10(2)16(12(4)11(9)3)21(27)28-18-14(6)13(5)17(20(25)26)19(15(18)7)29-22(23)24/h8,22H,1-7H3,(H,25,26). The lowest BCUT2D eigenvalue weighted by Crippen LogP contribution is -2.17. The number of halogens is 2. The highest BCUT2D eigenvalue weighted by Crippen LogP contribution is 2.39. The second-order valence-electron chi connectivity index (χ2n) is 7.12. The number of ether oxygens (including phenoxy) is 2. The van der Waals surface area contributed by atoms with E-state index in [0.717, 1.165) is 22.3 Å². The van der Waals surface area contributed by atoms with Crippen molar-refractivity contribution in [3.8, 4) is 11.5 Å². The summed E-state index contributed by atoms with van der Waals surface area (Å²) >= 11 is 0. The summed E-state index contributed by atoms with van der Waals surface area (Å²) in [4.78, 5) is 24.6. The molecule has 1 N–H and O–H groups in total. The van der Waals surface area contributed by atoms with Gasteiger partial charge in [0.15, 0.2) is 0 Å². The molecule has 2 aromatic carbocycles. The topological polar surface area (TPSA) is 72.8 Å². The summed E-state index contributed by atoms with van der Waals surface area (Å²) < 4.78 is 35.9. The molecule has 0 bridgehead atoms. The van der Waals surface area contributed by atoms with Crippen molar-refractivity contribution in [1.82, 2.24) is 0 Å². The molecule has 0 fully saturated rings. The summed E-state index contributed by atoms with van der Waals surface area (Å²) in [6, 6.07) is 1.88. The van der Waals surface area contributed by atoms with Crippen molar-refractivity contribution < 1.29 is 33.0 Å². The van der Waals surface area contributed by atoms with Crippen molar-refractivity contribution in [1.29, 1.82) is 0 Å². The molecule has 5 nitrogen and oxygen atoms in total. The zero-order valence-electron chi connectivity index (χ0n) is 17.5. The van der Waals surface area contributed by atoms with Crippen molar-refractivity contribution in [2.24, 2.45) is 0 Å². The van der Waals surface area contributed by atoms with Gasteiger partial charge in [0.25, 0.3) is 0 Å². The minimum atomic E-state index is -3.22. The van der Waals surface area contributed by atoms with Gasteiger partial charge in [0, 0.05) is 5.56 Å². The summed E-state index contributed by atoms with van der Waals surface area (Å²) in [6.45, 7) is 8.65. The number of carboxylic acid groups (broad SMARTS) is 1. The number of aryl methyl sites for hydroxylation is 2. The van der Waals surface area contributed by atoms with Crippen LogP contribution in [0.4, 0.5) is 8.78 Å². The third kappa shape index (κ3) is 4.09. The monoisotopic (exact) mass is 406 g/mol. The lowest BCUT2D eigenvalue weighted by atomic mass is 9.94. The fourth-order valence-electron chi connectivity index (χ4n) is 3.49. The smallest absolute Gasteiger partial charge is 0.387 e. The zero-order valence-corrected chi connectivity index (χ0v) is 17.5. The average molecular weight is 406 g/mol. The van der Waals surface area contributed by atoms with Gasteiger partial charge in [-0.1, -0.05) is 6.07 Å². The van der Waals surface area contributed by atoms with Crippen LogP contribution in [0, 0.1) is 48.5 Å². The van der Waals surface area contributed by atoms with Gasteiger partial charge in [-0.25, -0.2) is 9.59 Å². The molecule has 29 heavy (non-hydrogen) atoms. The molecule has 0 amide bonds. The fourth-order valence-corrected chi connectivity index (χ4v) is 3.49. The van der Waals surface area contributed by atoms with E-state index in [2.05, 4.69) is 4.74 Å². The largest absolute Gasteiger partial charge is 0.478 e. The Bertz CT molecular complexity index is 1010. The number of carboxylic acids is 1. The Labute approximate surface area is 168 Å². The highest BCUT2D eigenvalue weighted by molar-refractivity contribution is 5.97. The summed E-state index contributed by atoms with van der Waals surface area (Å²) in [5.41, 5.74) is 4.09. The maximum absolute atomic E-state index is 13.0. The van der Waals surface area contributed by atoms with Crippen LogP contribution < -0.4 is 9.47 Å². The average Bonchev–Trinajstić information content (AvgIpc) is 2.60. The normalized spacial score (nSPS) is 11.0. The molecule has 2 rings (SSSR count). The third-order valence-electron chi connectivity index (χ3n) is 5.36. The highest BCUT2D eigenvalue weighted by Gasteiger charge is 2.28. The first kappa shape index (κ1) is 22.3. The number of rotatable bonds is 5. The Morgan fingerprint density at radius 3 is 1.86 bits per heavy atom. The van der Waals surface area contributed by atoms with Gasteiger partial charge >= 0.3 is 18.6 Å². The van der Waals surface area contributed by atoms with Crippen molar-refractivity contribution >= 4 is 11.9 Å². The number of carbonyl (C=O) groups is 2. The van der Waals surface area contributed by atoms with Crippen LogP contribution in [0.25, 0.3) is 0 Å². The summed E-state index contributed by atoms with van der Waals surface area (Å²) in [5, 5.41) is 9.46. The van der Waals surface area contributed by atoms with Gasteiger partial charge in [0.2, 0.25) is 0 Å². The van der Waals surface area contributed by atoms with E-state index in [9.17, 15) is 23.5 Å². The molecule has 0 aromatic heterocycles. The van der Waals surface area contributed by atoms with E-state index in [-0.39, 0.29) is 22.4 Å². The predicted molar refractivity (Wildman–Crippen MR) is 105 cm³/mol. The van der Waals surface area contributed by atoms with E-state index in [0.29, 0.717) is 11.1 Å². The lowest BCUT2D eigenvalue weighted by molar-refractivity contribution is -0.0509. The summed E-state index contributed by atoms with van der Waals surface area (Å²) in [6.07, 6.45) is 0. The molecule has 0 saturated carbocycles. The Morgan fingerprint density at radius 2 is 1.34 bits per heavy atom. The van der Waals surface area contributed by atoms with Crippen LogP contribution in [0.3, 0.4) is 0 Å². The molecule has 2 aromatic rings. The zero-order chi connectivity index (χ0) is 22.2. The van der Waals surface area contributed by atoms with E-state index in [1.54, 1.807) is 13.8 Å². The number of alkyl halides is 2. The molecule has 0 unspecified atom stereocenters. The van der Waals surface area contributed by atoms with Crippen molar-refractivity contribution in [3.05, 3.63) is 56.1 Å². The number of hydrogen-bond donors (Lipinski definition) is 1. The van der Waals surface area contributed by atoms with Crippen LogP contribution in [-0.4, -0.2) is 23.7 Å². The van der Waals surface area contributed by atoms with Gasteiger partial charge in [-0.05, 0) is 81.8 Å². The molecule has 0 aliphatic carbocycles. The second-order valence-corrected chi connectivity index (χ2v) is 7.12. The van der Waals surface area contributed by atoms with Gasteiger partial charge in [-0.3, -0.25) is 0 Å². The number of aromatic carboxylic acids is 1. The maximum Gasteiger partial charge on any atom is 0.387 e. The molecule has 156 valence electrons. The van der Waals surface area contributed by atoms with Crippen LogP contribution in [0.1, 0.15) is 59.7 Å². The first-order chi connectivity index (χ1) is 13.4. The van der Waals surface area contributed by atoms with Gasteiger partial charge in [0.1, 0.15) is 17.1 Å². The Balaban J connectivity index is 2.65. The summed E-state index contributed by atoms with van der Waals surface area (Å²) in [5.74, 6) is -2.53. The molecule has 0 aliphatic heterocycles. The van der Waals surface area contributed by atoms with Crippen molar-refractivity contribution in [2.75, 3.05) is 0 Å². The van der Waals surface area contributed by atoms with Crippen LogP contribution in [0.5, 0.6) is 11.5 Å². The van der Waals surface area contributed by atoms with Crippen molar-refractivity contribution in [2.45, 2.75) is 55.1 Å². The molecule has 0 spiro atoms. The summed E-state index contributed by atoms with van der Waals surface area (Å²) in [7, 11) is 0. The van der Waals surface area contributed by atoms with E-state index in [1.807, 2.05) is 26.8 Å². The quantitative estimate of drug-likeness (QED) is 0.534. The van der Waals surface area contributed by atoms with E-state index >= 15 is 0 Å². The minimum absolute atomic E-state index is 0.0187. The lowest BCUT2D eigenvalue weighted by Gasteiger charge is -2.21. The molecular formula is C22H24F2O5. The number of hydrogen-bond acceptors (Lipinski definition) is 4. The molecule has 0 aliphatic rings. The predicted octanol–water partition coefficient (Wildman–Crippen LogP) is 5.36. The maximum atomic E-state index is 13.0. The van der Waals surface area contributed by atoms with Crippen LogP contribution in [0.2, 0.25) is 0 Å². The van der Waals surface area contributed by atoms with Crippen LogP contribution in [0.15, 0.2) is 6.07 Å². The first-order valence-corrected chi connectivity index (χ1v) is 8.99. The van der Waals surface area contributed by atoms with Gasteiger partial charge in [0.05, 0.1) is 5.56 Å². The van der Waals surface area contributed by atoms with E-state index < -0.39 is 24.3 Å². The molecule has 7 heteroatoms. The molecular weight excluding hydrogens is 382 g/mol. The third-order valence-corrected chi connectivity index (χ3v) is 5.36. The van der Waals surface area contributed by atoms with E-state index in [4.69, 9.17) is 4.74 Å². The number of benzene rings is 2. The van der Waals surface area contributed by atoms with E-state index in [1.165, 1.54) is 13.8 Å². The SMILES string of the molecule is Cc1cc(C)c(C(=O)Oc2c(C)c(C)c(C(=O)O)c(OC(F)F)c2C)c(C)c1C. The minimum Gasteiger partial charge on any atom is -0.478 e. The first-order valence-electron chi connectivity index (χ1n) is 8.99. The van der Waals surface area contributed by atoms with Gasteiger partial charge < -0.3 is 14.6 Å². The number of esters is 1. The Morgan fingerprint density at radius 1 is 0.793 bits per heavy atom. The number of carbonyl (C=O) groups excluding carboxylic acids is 1. The van der Waals surface area contributed by atoms with Gasteiger partial charge in [-0.15, -0.1) is 0 Å². The van der Waals surface area contributed by atoms with Gasteiger partial charge in [-0.2, -0.15) is 8.78 Å². The highest BCUT2D eigenvalue weighted by atomic mass is 19.3. The fraction of sp³-hybridized carbons (Fsp3) is 0.364. The van der Waals surface area contributed by atoms with Crippen LogP contribution >= 0.6 is 0 Å². The Hall–Kier alpha value is -2.96. The molecule has 0 atom stereocenters. The molecule has 0 radical (unpaired) electrons. The second kappa shape index (κ2) is 8.19. The Kier molecular flexibility index (Phi) is 6.30. The molecule has 0 heterocycles. The molecule has 0 saturated heterocycles.